The summed E-state index contributed by atoms with van der Waals surface area (Å²) in [7, 11) is 0. The number of nitrogens with one attached hydrogen (secondary N) is 1. The molecule has 2 aliphatic rings. The van der Waals surface area contributed by atoms with E-state index in [0.29, 0.717) is 16.0 Å². The largest absolute Gasteiger partial charge is 0.507 e. The Hall–Kier alpha value is -1.22. The number of phenolic OH excluding ortho intramolecular Hbond substituents is 1. The van der Waals surface area contributed by atoms with Crippen molar-refractivity contribution in [1.29, 1.82) is 0 Å². The minimum absolute atomic E-state index is 0.0590. The zero-order chi connectivity index (χ0) is 12.8. The lowest BCUT2D eigenvalue weighted by Crippen LogP contribution is -2.31. The molecule has 3 rings (SSSR count). The normalized spacial score (nSPS) is 20.5. The van der Waals surface area contributed by atoms with Crippen LogP contribution in [0.2, 0.25) is 5.02 Å². The lowest BCUT2D eigenvalue weighted by Gasteiger charge is -2.15. The van der Waals surface area contributed by atoms with Gasteiger partial charge in [0.1, 0.15) is 5.75 Å². The van der Waals surface area contributed by atoms with Gasteiger partial charge in [0.25, 0.3) is 5.91 Å². The molecule has 2 saturated carbocycles. The van der Waals surface area contributed by atoms with E-state index < -0.39 is 0 Å². The smallest absolute Gasteiger partial charge is 0.255 e. The first-order valence-electron chi connectivity index (χ1n) is 6.37. The highest BCUT2D eigenvalue weighted by atomic mass is 35.5. The standard InChI is InChI=1S/C14H16ClNO2/c15-10-3-4-11(12(17)7-10)13(18)16-8-14(5-6-14)9-1-2-9/h3-4,7,9,17H,1-2,5-6,8H2,(H,16,18). The zero-order valence-corrected chi connectivity index (χ0v) is 10.8. The number of carbonyl (C=O) groups is 1. The Labute approximate surface area is 111 Å². The van der Waals surface area contributed by atoms with Crippen LogP contribution in [0.3, 0.4) is 0 Å². The van der Waals surface area contributed by atoms with Crippen molar-refractivity contribution in [3.05, 3.63) is 28.8 Å². The summed E-state index contributed by atoms with van der Waals surface area (Å²) in [5.41, 5.74) is 0.670. The van der Waals surface area contributed by atoms with Gasteiger partial charge in [0.05, 0.1) is 5.56 Å². The Bertz CT molecular complexity index is 493. The second kappa shape index (κ2) is 4.16. The summed E-state index contributed by atoms with van der Waals surface area (Å²) in [5.74, 6) is 0.545. The van der Waals surface area contributed by atoms with Crippen molar-refractivity contribution >= 4 is 17.5 Å². The lowest BCUT2D eigenvalue weighted by atomic mass is 10.0. The average molecular weight is 266 g/mol. The molecule has 0 heterocycles. The molecule has 1 aromatic rings. The number of halogens is 1. The summed E-state index contributed by atoms with van der Waals surface area (Å²) < 4.78 is 0. The molecule has 0 spiro atoms. The van der Waals surface area contributed by atoms with Crippen LogP contribution in [0.1, 0.15) is 36.0 Å². The van der Waals surface area contributed by atoms with Crippen LogP contribution in [0.15, 0.2) is 18.2 Å². The van der Waals surface area contributed by atoms with Crippen LogP contribution < -0.4 is 5.32 Å². The topological polar surface area (TPSA) is 49.3 Å². The number of rotatable bonds is 4. The minimum atomic E-state index is -0.212. The fraction of sp³-hybridized carbons (Fsp3) is 0.500. The monoisotopic (exact) mass is 265 g/mol. The van der Waals surface area contributed by atoms with E-state index in [-0.39, 0.29) is 11.7 Å². The number of carbonyl (C=O) groups excluding carboxylic acids is 1. The Morgan fingerprint density at radius 2 is 2.17 bits per heavy atom. The molecule has 0 bridgehead atoms. The number of hydrogen-bond acceptors (Lipinski definition) is 2. The van der Waals surface area contributed by atoms with Crippen molar-refractivity contribution < 1.29 is 9.90 Å². The predicted molar refractivity (Wildman–Crippen MR) is 69.8 cm³/mol. The van der Waals surface area contributed by atoms with Crippen LogP contribution in [-0.2, 0) is 0 Å². The molecule has 2 fully saturated rings. The summed E-state index contributed by atoms with van der Waals surface area (Å²) in [6.07, 6.45) is 5.07. The molecule has 18 heavy (non-hydrogen) atoms. The number of hydrogen-bond donors (Lipinski definition) is 2. The Balaban J connectivity index is 1.64. The van der Waals surface area contributed by atoms with Crippen molar-refractivity contribution in [3.63, 3.8) is 0 Å². The molecular weight excluding hydrogens is 250 g/mol. The van der Waals surface area contributed by atoms with Crippen molar-refractivity contribution in [2.75, 3.05) is 6.54 Å². The zero-order valence-electron chi connectivity index (χ0n) is 10.1. The van der Waals surface area contributed by atoms with Gasteiger partial charge in [-0.3, -0.25) is 4.79 Å². The van der Waals surface area contributed by atoms with Gasteiger partial charge in [-0.2, -0.15) is 0 Å². The van der Waals surface area contributed by atoms with Gasteiger partial charge in [0.2, 0.25) is 0 Å². The highest BCUT2D eigenvalue weighted by molar-refractivity contribution is 6.30. The highest BCUT2D eigenvalue weighted by Gasteiger charge is 2.53. The lowest BCUT2D eigenvalue weighted by molar-refractivity contribution is 0.0940. The van der Waals surface area contributed by atoms with Gasteiger partial charge in [-0.25, -0.2) is 0 Å². The first kappa shape index (κ1) is 11.8. The molecule has 4 heteroatoms. The van der Waals surface area contributed by atoms with Crippen LogP contribution in [0.5, 0.6) is 5.75 Å². The van der Waals surface area contributed by atoms with E-state index in [4.69, 9.17) is 11.6 Å². The Morgan fingerprint density at radius 3 is 2.72 bits per heavy atom. The molecule has 0 saturated heterocycles. The SMILES string of the molecule is O=C(NCC1(C2CC2)CC1)c1ccc(Cl)cc1O. The molecule has 0 unspecified atom stereocenters. The third-order valence-corrected chi connectivity index (χ3v) is 4.38. The van der Waals surface area contributed by atoms with Gasteiger partial charge in [0, 0.05) is 11.6 Å². The highest BCUT2D eigenvalue weighted by Crippen LogP contribution is 2.60. The maximum Gasteiger partial charge on any atom is 0.255 e. The van der Waals surface area contributed by atoms with Gasteiger partial charge in [0.15, 0.2) is 0 Å². The summed E-state index contributed by atoms with van der Waals surface area (Å²) >= 11 is 5.74. The van der Waals surface area contributed by atoms with E-state index in [1.165, 1.54) is 31.7 Å². The molecule has 0 aliphatic heterocycles. The minimum Gasteiger partial charge on any atom is -0.507 e. The van der Waals surface area contributed by atoms with Gasteiger partial charge < -0.3 is 10.4 Å². The number of amides is 1. The summed E-state index contributed by atoms with van der Waals surface area (Å²) in [4.78, 5) is 12.0. The fourth-order valence-electron chi connectivity index (χ4n) is 2.63. The summed E-state index contributed by atoms with van der Waals surface area (Å²) in [6.45, 7) is 0.735. The molecule has 0 atom stereocenters. The first-order valence-corrected chi connectivity index (χ1v) is 6.75. The molecule has 0 radical (unpaired) electrons. The van der Waals surface area contributed by atoms with Crippen LogP contribution in [0.25, 0.3) is 0 Å². The quantitative estimate of drug-likeness (QED) is 0.879. The number of aromatic hydroxyl groups is 1. The molecule has 96 valence electrons. The molecule has 2 aliphatic carbocycles. The van der Waals surface area contributed by atoms with Crippen LogP contribution in [-0.4, -0.2) is 17.6 Å². The van der Waals surface area contributed by atoms with E-state index in [1.807, 2.05) is 0 Å². The molecule has 2 N–H and O–H groups in total. The first-order chi connectivity index (χ1) is 8.61. The third-order valence-electron chi connectivity index (χ3n) is 4.14. The molecule has 1 aromatic carbocycles. The maximum atomic E-state index is 12.0. The van der Waals surface area contributed by atoms with Crippen molar-refractivity contribution in [3.8, 4) is 5.75 Å². The predicted octanol–water partition coefficient (Wildman–Crippen LogP) is 2.97. The van der Waals surface area contributed by atoms with E-state index in [1.54, 1.807) is 12.1 Å². The molecule has 0 aromatic heterocycles. The molecular formula is C14H16ClNO2. The molecule has 1 amide bonds. The number of phenols is 1. The van der Waals surface area contributed by atoms with Crippen molar-refractivity contribution in [1.82, 2.24) is 5.32 Å². The van der Waals surface area contributed by atoms with Crippen molar-refractivity contribution in [2.24, 2.45) is 11.3 Å². The second-order valence-corrected chi connectivity index (χ2v) is 5.92. The van der Waals surface area contributed by atoms with E-state index >= 15 is 0 Å². The van der Waals surface area contributed by atoms with E-state index in [0.717, 1.165) is 12.5 Å². The van der Waals surface area contributed by atoms with Crippen LogP contribution in [0.4, 0.5) is 0 Å². The van der Waals surface area contributed by atoms with Crippen LogP contribution in [0, 0.1) is 11.3 Å². The third kappa shape index (κ3) is 2.19. The average Bonchev–Trinajstić information content (AvgIpc) is 3.17. The second-order valence-electron chi connectivity index (χ2n) is 5.48. The van der Waals surface area contributed by atoms with Gasteiger partial charge in [-0.05, 0) is 55.2 Å². The Kier molecular flexibility index (Phi) is 2.74. The van der Waals surface area contributed by atoms with Gasteiger partial charge >= 0.3 is 0 Å². The maximum absolute atomic E-state index is 12.0. The van der Waals surface area contributed by atoms with E-state index in [2.05, 4.69) is 5.32 Å². The van der Waals surface area contributed by atoms with Gasteiger partial charge in [-0.1, -0.05) is 11.6 Å². The molecule has 3 nitrogen and oxygen atoms in total. The summed E-state index contributed by atoms with van der Waals surface area (Å²) in [6, 6.07) is 4.57. The fourth-order valence-corrected chi connectivity index (χ4v) is 2.80. The van der Waals surface area contributed by atoms with Crippen molar-refractivity contribution in [2.45, 2.75) is 25.7 Å². The van der Waals surface area contributed by atoms with E-state index in [9.17, 15) is 9.90 Å². The Morgan fingerprint density at radius 1 is 1.44 bits per heavy atom. The number of benzene rings is 1. The van der Waals surface area contributed by atoms with Crippen LogP contribution >= 0.6 is 11.6 Å². The van der Waals surface area contributed by atoms with Gasteiger partial charge in [-0.15, -0.1) is 0 Å². The summed E-state index contributed by atoms with van der Waals surface area (Å²) in [5, 5.41) is 13.1.